The van der Waals surface area contributed by atoms with E-state index in [1.807, 2.05) is 32.9 Å². The number of amides is 2. The third-order valence-corrected chi connectivity index (χ3v) is 8.96. The maximum absolute atomic E-state index is 14.1. The molecule has 46 heavy (non-hydrogen) atoms. The van der Waals surface area contributed by atoms with Crippen molar-refractivity contribution >= 4 is 40.6 Å². The summed E-state index contributed by atoms with van der Waals surface area (Å²) in [7, 11) is 2.81. The number of aromatic nitrogens is 2. The van der Waals surface area contributed by atoms with Gasteiger partial charge in [-0.15, -0.1) is 13.2 Å². The molecule has 1 N–H and O–H groups in total. The van der Waals surface area contributed by atoms with Crippen LogP contribution in [-0.2, 0) is 19.1 Å². The van der Waals surface area contributed by atoms with Crippen LogP contribution < -0.4 is 14.8 Å². The predicted molar refractivity (Wildman–Crippen MR) is 175 cm³/mol. The summed E-state index contributed by atoms with van der Waals surface area (Å²) in [6.45, 7) is 13.3. The average Bonchev–Trinajstić information content (AvgIpc) is 3.62. The smallest absolute Gasteiger partial charge is 0.408 e. The first-order valence-corrected chi connectivity index (χ1v) is 16.0. The summed E-state index contributed by atoms with van der Waals surface area (Å²) < 4.78 is 22.4. The van der Waals surface area contributed by atoms with E-state index in [0.717, 1.165) is 25.7 Å². The van der Waals surface area contributed by atoms with Gasteiger partial charge in [0.05, 0.1) is 31.8 Å². The molecule has 1 saturated carbocycles. The van der Waals surface area contributed by atoms with Gasteiger partial charge >= 0.3 is 12.1 Å². The number of halogens is 1. The number of hydrogen-bond acceptors (Lipinski definition) is 9. The summed E-state index contributed by atoms with van der Waals surface area (Å²) in [5.41, 5.74) is 0.347. The number of rotatable bonds is 12. The number of nitrogens with one attached hydrogen (secondary N) is 1. The number of benzene rings is 1. The van der Waals surface area contributed by atoms with Gasteiger partial charge in [-0.25, -0.2) is 19.6 Å². The van der Waals surface area contributed by atoms with Crippen molar-refractivity contribution in [1.29, 1.82) is 0 Å². The van der Waals surface area contributed by atoms with Crippen molar-refractivity contribution in [1.82, 2.24) is 20.2 Å². The molecule has 1 aromatic carbocycles. The summed E-state index contributed by atoms with van der Waals surface area (Å²) in [6, 6.07) is 3.24. The van der Waals surface area contributed by atoms with Gasteiger partial charge in [0.2, 0.25) is 5.91 Å². The summed E-state index contributed by atoms with van der Waals surface area (Å²) in [4.78, 5) is 50.6. The molecule has 2 heterocycles. The van der Waals surface area contributed by atoms with E-state index in [0.29, 0.717) is 23.2 Å². The van der Waals surface area contributed by atoms with Crippen LogP contribution in [0.1, 0.15) is 59.3 Å². The highest BCUT2D eigenvalue weighted by molar-refractivity contribution is 6.31. The molecule has 0 unspecified atom stereocenters. The molecule has 1 aromatic heterocycles. The number of ether oxygens (including phenoxy) is 4. The van der Waals surface area contributed by atoms with Crippen molar-refractivity contribution < 1.29 is 33.3 Å². The van der Waals surface area contributed by atoms with Crippen LogP contribution in [0.4, 0.5) is 4.79 Å². The number of unbranched alkanes of at least 4 members (excludes halogenated alkanes) is 1. The Bertz CT molecular complexity index is 1440. The molecular formula is C34H45ClN4O7. The molecule has 4 rings (SSSR count). The Morgan fingerprint density at radius 3 is 2.54 bits per heavy atom. The second-order valence-electron chi connectivity index (χ2n) is 13.0. The molecular weight excluding hydrogens is 612 g/mol. The van der Waals surface area contributed by atoms with Gasteiger partial charge in [0, 0.05) is 12.5 Å². The number of alkyl carbamates (subject to hydrolysis) is 1. The minimum absolute atomic E-state index is 0.0328. The van der Waals surface area contributed by atoms with E-state index in [9.17, 15) is 14.4 Å². The number of esters is 1. The highest BCUT2D eigenvalue weighted by Crippen LogP contribution is 2.38. The quantitative estimate of drug-likeness (QED) is 0.169. The van der Waals surface area contributed by atoms with E-state index in [1.54, 1.807) is 25.3 Å². The first kappa shape index (κ1) is 35.0. The van der Waals surface area contributed by atoms with Crippen LogP contribution in [0, 0.1) is 17.3 Å². The molecule has 1 aliphatic carbocycles. The zero-order valence-electron chi connectivity index (χ0n) is 27.3. The number of hydrogen-bond donors (Lipinski definition) is 1. The number of carbonyl (C=O) groups is 3. The molecule has 0 spiro atoms. The molecule has 250 valence electrons. The number of likely N-dealkylation sites (tertiary alicyclic amines) is 1. The summed E-state index contributed by atoms with van der Waals surface area (Å²) in [5.74, 6) is 0.0644. The zero-order valence-corrected chi connectivity index (χ0v) is 28.0. The summed E-state index contributed by atoms with van der Waals surface area (Å²) in [5, 5.41) is 2.86. The summed E-state index contributed by atoms with van der Waals surface area (Å²) >= 11 is 6.41. The lowest BCUT2D eigenvalue weighted by Crippen LogP contribution is -2.57. The van der Waals surface area contributed by atoms with E-state index in [-0.39, 0.29) is 41.9 Å². The lowest BCUT2D eigenvalue weighted by atomic mass is 9.85. The van der Waals surface area contributed by atoms with Gasteiger partial charge in [0.1, 0.15) is 30.0 Å². The van der Waals surface area contributed by atoms with E-state index in [4.69, 9.17) is 30.5 Å². The monoisotopic (exact) mass is 656 g/mol. The number of nitrogens with zero attached hydrogens (tertiary/aromatic N) is 3. The molecule has 2 aliphatic rings. The van der Waals surface area contributed by atoms with Crippen LogP contribution in [0.15, 0.2) is 43.5 Å². The van der Waals surface area contributed by atoms with E-state index in [1.165, 1.54) is 12.0 Å². The Kier molecular flexibility index (Phi) is 11.5. The zero-order chi connectivity index (χ0) is 33.6. The van der Waals surface area contributed by atoms with Crippen molar-refractivity contribution in [3.05, 3.63) is 48.7 Å². The summed E-state index contributed by atoms with van der Waals surface area (Å²) in [6.07, 6.45) is 6.66. The van der Waals surface area contributed by atoms with Crippen LogP contribution in [0.25, 0.3) is 11.0 Å². The molecule has 1 aliphatic heterocycles. The molecule has 6 atom stereocenters. The number of methoxy groups -OCH3 is 2. The molecule has 11 nitrogen and oxygen atoms in total. The van der Waals surface area contributed by atoms with Crippen LogP contribution in [0.2, 0.25) is 5.15 Å². The van der Waals surface area contributed by atoms with Gasteiger partial charge in [0.15, 0.2) is 5.15 Å². The topological polar surface area (TPSA) is 129 Å². The highest BCUT2D eigenvalue weighted by atomic mass is 35.5. The lowest BCUT2D eigenvalue weighted by Gasteiger charge is -2.35. The van der Waals surface area contributed by atoms with Gasteiger partial charge in [-0.05, 0) is 61.5 Å². The van der Waals surface area contributed by atoms with Gasteiger partial charge < -0.3 is 29.2 Å². The van der Waals surface area contributed by atoms with Crippen LogP contribution in [0.5, 0.6) is 11.6 Å². The third-order valence-electron chi connectivity index (χ3n) is 8.71. The largest absolute Gasteiger partial charge is 0.497 e. The Morgan fingerprint density at radius 1 is 1.13 bits per heavy atom. The SMILES string of the molecule is C=CCCC[C@@H]1C[C@@H](C=C)C[C@H]1OC(=O)N[C@H](C(=O)N1C[C@H](Oc2nc3cc(OC)ccc3nc2Cl)C[C@H]1C(=O)OC)C(C)(C)C. The second-order valence-corrected chi connectivity index (χ2v) is 13.4. The van der Waals surface area contributed by atoms with Crippen LogP contribution >= 0.6 is 11.6 Å². The van der Waals surface area contributed by atoms with Gasteiger partial charge in [-0.1, -0.05) is 44.5 Å². The molecule has 0 bridgehead atoms. The first-order chi connectivity index (χ1) is 21.9. The average molecular weight is 657 g/mol. The minimum Gasteiger partial charge on any atom is -0.497 e. The number of fused-ring (bicyclic) bond motifs is 1. The van der Waals surface area contributed by atoms with E-state index >= 15 is 0 Å². The van der Waals surface area contributed by atoms with Crippen molar-refractivity contribution in [3.63, 3.8) is 0 Å². The van der Waals surface area contributed by atoms with Gasteiger partial charge in [0.25, 0.3) is 5.88 Å². The van der Waals surface area contributed by atoms with E-state index < -0.39 is 41.6 Å². The second kappa shape index (κ2) is 15.2. The Balaban J connectivity index is 1.50. The molecule has 12 heteroatoms. The standard InChI is InChI=1S/C34H45ClN4O7/c1-8-10-11-12-21-15-20(9-2)16-27(21)46-33(42)38-28(34(3,4)5)31(40)39-19-23(18-26(39)32(41)44-7)45-30-29(35)36-24-14-13-22(43-6)17-25(24)37-30/h8-9,13-14,17,20-21,23,26-28H,1-2,10-12,15-16,18-19H2,3-7H3,(H,38,42)/t20-,21-,23-,26+,27-,28-/m1/s1. The molecule has 1 saturated heterocycles. The third kappa shape index (κ3) is 8.29. The molecule has 2 aromatic rings. The van der Waals surface area contributed by atoms with E-state index in [2.05, 4.69) is 28.4 Å². The van der Waals surface area contributed by atoms with Gasteiger partial charge in [-0.3, -0.25) is 4.79 Å². The predicted octanol–water partition coefficient (Wildman–Crippen LogP) is 5.89. The maximum Gasteiger partial charge on any atom is 0.408 e. The van der Waals surface area contributed by atoms with Crippen molar-refractivity contribution in [2.75, 3.05) is 20.8 Å². The number of carbonyl (C=O) groups excluding carboxylic acids is 3. The lowest BCUT2D eigenvalue weighted by molar-refractivity contribution is -0.152. The number of allylic oxidation sites excluding steroid dienone is 2. The molecule has 0 radical (unpaired) electrons. The highest BCUT2D eigenvalue weighted by Gasteiger charge is 2.47. The Hall–Kier alpha value is -3.86. The molecule has 2 amide bonds. The Morgan fingerprint density at radius 2 is 1.89 bits per heavy atom. The van der Waals surface area contributed by atoms with Crippen molar-refractivity contribution in [3.8, 4) is 11.6 Å². The first-order valence-electron chi connectivity index (χ1n) is 15.6. The molecule has 2 fully saturated rings. The fraction of sp³-hybridized carbons (Fsp3) is 0.559. The fourth-order valence-electron chi connectivity index (χ4n) is 6.24. The maximum atomic E-state index is 14.1. The van der Waals surface area contributed by atoms with Crippen LogP contribution in [0.3, 0.4) is 0 Å². The Labute approximate surface area is 275 Å². The fourth-order valence-corrected chi connectivity index (χ4v) is 6.42. The van der Waals surface area contributed by atoms with Crippen molar-refractivity contribution in [2.24, 2.45) is 17.3 Å². The van der Waals surface area contributed by atoms with Crippen LogP contribution in [-0.4, -0.2) is 77.9 Å². The van der Waals surface area contributed by atoms with Gasteiger partial charge in [-0.2, -0.15) is 0 Å². The minimum atomic E-state index is -1.00. The normalized spacial score (nSPS) is 23.4. The van der Waals surface area contributed by atoms with Crippen molar-refractivity contribution in [2.45, 2.75) is 83.6 Å².